The molecule has 0 atom stereocenters. The molecule has 0 aliphatic heterocycles. The van der Waals surface area contributed by atoms with E-state index in [0.29, 0.717) is 0 Å². The predicted molar refractivity (Wildman–Crippen MR) is 108 cm³/mol. The molecule has 0 aromatic heterocycles. The molecule has 0 saturated heterocycles. The number of aliphatic hydroxyl groups excluding tert-OH is 1. The van der Waals surface area contributed by atoms with Crippen LogP contribution in [0, 0.1) is 13.8 Å². The highest BCUT2D eigenvalue weighted by atomic mass is 16.2. The second-order valence-corrected chi connectivity index (χ2v) is 8.23. The number of hydrogen-bond donors (Lipinski definition) is 1. The summed E-state index contributed by atoms with van der Waals surface area (Å²) in [5, 5.41) is 7.00. The molecule has 24 heavy (non-hydrogen) atoms. The molecule has 0 aliphatic rings. The van der Waals surface area contributed by atoms with Gasteiger partial charge in [0.25, 0.3) is 0 Å². The van der Waals surface area contributed by atoms with Crippen molar-refractivity contribution < 1.29 is 5.11 Å². The predicted octanol–water partition coefficient (Wildman–Crippen LogP) is 6.19. The topological polar surface area (TPSA) is 20.2 Å². The molecule has 0 saturated carbocycles. The summed E-state index contributed by atoms with van der Waals surface area (Å²) in [7, 11) is 1.00. The van der Waals surface area contributed by atoms with Crippen molar-refractivity contribution in [1.82, 2.24) is 0 Å². The van der Waals surface area contributed by atoms with Gasteiger partial charge >= 0.3 is 0 Å². The third-order valence-electron chi connectivity index (χ3n) is 3.84. The highest BCUT2D eigenvalue weighted by molar-refractivity contribution is 5.27. The Morgan fingerprint density at radius 3 is 0.875 bits per heavy atom. The van der Waals surface area contributed by atoms with Crippen LogP contribution in [0.4, 0.5) is 0 Å². The fourth-order valence-corrected chi connectivity index (χ4v) is 2.11. The summed E-state index contributed by atoms with van der Waals surface area (Å²) >= 11 is 0. The lowest BCUT2D eigenvalue weighted by Gasteiger charge is -2.18. The van der Waals surface area contributed by atoms with E-state index in [9.17, 15) is 0 Å². The van der Waals surface area contributed by atoms with Crippen LogP contribution in [0.1, 0.15) is 63.8 Å². The molecule has 0 spiro atoms. The van der Waals surface area contributed by atoms with Gasteiger partial charge in [-0.2, -0.15) is 0 Å². The first-order valence-corrected chi connectivity index (χ1v) is 8.59. The van der Waals surface area contributed by atoms with E-state index >= 15 is 0 Å². The van der Waals surface area contributed by atoms with Gasteiger partial charge in [0.05, 0.1) is 0 Å². The van der Waals surface area contributed by atoms with E-state index in [1.54, 1.807) is 0 Å². The maximum absolute atomic E-state index is 7.00. The van der Waals surface area contributed by atoms with Gasteiger partial charge in [0.1, 0.15) is 0 Å². The molecule has 2 aromatic rings. The van der Waals surface area contributed by atoms with Crippen LogP contribution in [0.25, 0.3) is 0 Å². The normalized spacial score (nSPS) is 10.9. The lowest BCUT2D eigenvalue weighted by atomic mass is 9.87. The summed E-state index contributed by atoms with van der Waals surface area (Å²) in [5.41, 5.74) is 6.05. The molecule has 0 aliphatic carbocycles. The second kappa shape index (κ2) is 9.64. The van der Waals surface area contributed by atoms with Gasteiger partial charge in [0.15, 0.2) is 0 Å². The van der Waals surface area contributed by atoms with Crippen LogP contribution in [0.3, 0.4) is 0 Å². The molecule has 2 aromatic carbocycles. The standard InChI is InChI=1S/2C11H16.CH4O/c2*1-9-5-7-10(8-6-9)11(2,3)4;1-2/h2*5-8H,1-4H3;2H,1H3. The van der Waals surface area contributed by atoms with Crippen LogP contribution in [-0.2, 0) is 10.8 Å². The molecule has 1 heteroatoms. The number of aryl methyl sites for hydroxylation is 2. The smallest absolute Gasteiger partial charge is 0.0319 e. The Labute approximate surface area is 149 Å². The van der Waals surface area contributed by atoms with Gasteiger partial charge in [-0.05, 0) is 35.8 Å². The van der Waals surface area contributed by atoms with Crippen molar-refractivity contribution in [2.75, 3.05) is 7.11 Å². The zero-order chi connectivity index (χ0) is 19.0. The molecule has 1 nitrogen and oxygen atoms in total. The molecule has 1 N–H and O–H groups in total. The van der Waals surface area contributed by atoms with Crippen molar-refractivity contribution >= 4 is 0 Å². The summed E-state index contributed by atoms with van der Waals surface area (Å²) in [6.45, 7) is 17.6. The fourth-order valence-electron chi connectivity index (χ4n) is 2.11. The fraction of sp³-hybridized carbons (Fsp3) is 0.478. The molecular formula is C23H36O. The van der Waals surface area contributed by atoms with E-state index in [1.165, 1.54) is 22.3 Å². The highest BCUT2D eigenvalue weighted by Crippen LogP contribution is 2.22. The average Bonchev–Trinajstić information content (AvgIpc) is 2.49. The third-order valence-corrected chi connectivity index (χ3v) is 3.84. The Morgan fingerprint density at radius 1 is 0.500 bits per heavy atom. The average molecular weight is 329 g/mol. The van der Waals surface area contributed by atoms with Crippen LogP contribution >= 0.6 is 0 Å². The summed E-state index contributed by atoms with van der Waals surface area (Å²) in [6.07, 6.45) is 0. The van der Waals surface area contributed by atoms with Crippen molar-refractivity contribution in [3.8, 4) is 0 Å². The van der Waals surface area contributed by atoms with Gasteiger partial charge in [0, 0.05) is 7.11 Å². The Bertz CT molecular complexity index is 508. The Hall–Kier alpha value is -1.60. The minimum absolute atomic E-state index is 0.285. The first kappa shape index (κ1) is 22.4. The number of benzene rings is 2. The van der Waals surface area contributed by atoms with E-state index in [2.05, 4.69) is 104 Å². The van der Waals surface area contributed by atoms with E-state index < -0.39 is 0 Å². The van der Waals surface area contributed by atoms with Gasteiger partial charge in [-0.15, -0.1) is 0 Å². The van der Waals surface area contributed by atoms with Crippen LogP contribution in [0.5, 0.6) is 0 Å². The molecule has 0 amide bonds. The molecular weight excluding hydrogens is 292 g/mol. The van der Waals surface area contributed by atoms with Crippen molar-refractivity contribution in [2.24, 2.45) is 0 Å². The number of aliphatic hydroxyl groups is 1. The maximum atomic E-state index is 7.00. The molecule has 0 unspecified atom stereocenters. The van der Waals surface area contributed by atoms with Crippen LogP contribution in [0.15, 0.2) is 48.5 Å². The summed E-state index contributed by atoms with van der Waals surface area (Å²) in [6, 6.07) is 17.5. The quantitative estimate of drug-likeness (QED) is 0.611. The lowest BCUT2D eigenvalue weighted by Crippen LogP contribution is -2.10. The van der Waals surface area contributed by atoms with Crippen molar-refractivity contribution in [1.29, 1.82) is 0 Å². The van der Waals surface area contributed by atoms with Gasteiger partial charge in [-0.1, -0.05) is 101 Å². The molecule has 0 heterocycles. The Morgan fingerprint density at radius 2 is 0.708 bits per heavy atom. The van der Waals surface area contributed by atoms with Gasteiger partial charge < -0.3 is 5.11 Å². The summed E-state index contributed by atoms with van der Waals surface area (Å²) in [4.78, 5) is 0. The van der Waals surface area contributed by atoms with Gasteiger partial charge in [-0.3, -0.25) is 0 Å². The largest absolute Gasteiger partial charge is 0.400 e. The minimum atomic E-state index is 0.285. The van der Waals surface area contributed by atoms with Crippen LogP contribution in [0.2, 0.25) is 0 Å². The minimum Gasteiger partial charge on any atom is -0.400 e. The number of hydrogen-bond acceptors (Lipinski definition) is 1. The van der Waals surface area contributed by atoms with E-state index in [4.69, 9.17) is 5.11 Å². The first-order chi connectivity index (χ1) is 11.0. The highest BCUT2D eigenvalue weighted by Gasteiger charge is 2.12. The third kappa shape index (κ3) is 8.31. The lowest BCUT2D eigenvalue weighted by molar-refractivity contribution is 0.399. The van der Waals surface area contributed by atoms with Gasteiger partial charge in [-0.25, -0.2) is 0 Å². The van der Waals surface area contributed by atoms with Crippen molar-refractivity contribution in [3.63, 3.8) is 0 Å². The molecule has 0 radical (unpaired) electrons. The monoisotopic (exact) mass is 328 g/mol. The van der Waals surface area contributed by atoms with E-state index in [1.807, 2.05) is 0 Å². The van der Waals surface area contributed by atoms with Crippen molar-refractivity contribution in [3.05, 3.63) is 70.8 Å². The van der Waals surface area contributed by atoms with Crippen LogP contribution < -0.4 is 0 Å². The SMILES string of the molecule is CO.Cc1ccc(C(C)(C)C)cc1.Cc1ccc(C(C)(C)C)cc1. The summed E-state index contributed by atoms with van der Waals surface area (Å²) in [5.74, 6) is 0. The zero-order valence-electron chi connectivity index (χ0n) is 17.1. The molecule has 134 valence electrons. The maximum Gasteiger partial charge on any atom is 0.0319 e. The Balaban J connectivity index is 0.000000400. The second-order valence-electron chi connectivity index (χ2n) is 8.23. The molecule has 0 bridgehead atoms. The van der Waals surface area contributed by atoms with Crippen molar-refractivity contribution in [2.45, 2.75) is 66.2 Å². The van der Waals surface area contributed by atoms with Crippen LogP contribution in [-0.4, -0.2) is 12.2 Å². The zero-order valence-corrected chi connectivity index (χ0v) is 17.1. The van der Waals surface area contributed by atoms with E-state index in [0.717, 1.165) is 7.11 Å². The first-order valence-electron chi connectivity index (χ1n) is 8.59. The molecule has 0 fully saturated rings. The summed E-state index contributed by atoms with van der Waals surface area (Å²) < 4.78 is 0. The number of rotatable bonds is 0. The van der Waals surface area contributed by atoms with E-state index in [-0.39, 0.29) is 10.8 Å². The Kier molecular flexibility index (Phi) is 8.99. The van der Waals surface area contributed by atoms with Gasteiger partial charge in [0.2, 0.25) is 0 Å². The molecule has 2 rings (SSSR count).